The van der Waals surface area contributed by atoms with Gasteiger partial charge < -0.3 is 19.4 Å². The molecule has 1 heterocycles. The number of thioether (sulfide) groups is 1. The Balaban J connectivity index is 2.29. The molecule has 0 unspecified atom stereocenters. The van der Waals surface area contributed by atoms with Gasteiger partial charge in [-0.3, -0.25) is 9.69 Å². The van der Waals surface area contributed by atoms with E-state index >= 15 is 0 Å². The van der Waals surface area contributed by atoms with Crippen LogP contribution >= 0.6 is 35.6 Å². The van der Waals surface area contributed by atoms with E-state index in [1.807, 2.05) is 13.8 Å². The second kappa shape index (κ2) is 8.75. The lowest BCUT2D eigenvalue weighted by Crippen LogP contribution is -2.33. The summed E-state index contributed by atoms with van der Waals surface area (Å²) < 4.78 is 11.3. The molecule has 0 atom stereocenters. The van der Waals surface area contributed by atoms with Gasteiger partial charge in [0.25, 0.3) is 5.91 Å². The Kier molecular flexibility index (Phi) is 6.91. The zero-order valence-electron chi connectivity index (χ0n) is 14.4. The number of carboxylic acid groups (broad SMARTS) is 1. The first-order valence-corrected chi connectivity index (χ1v) is 9.32. The number of nitrogens with zero attached hydrogens (tertiary/aromatic N) is 1. The summed E-state index contributed by atoms with van der Waals surface area (Å²) in [7, 11) is 1.50. The van der Waals surface area contributed by atoms with Crippen LogP contribution < -0.4 is 14.6 Å². The lowest BCUT2D eigenvalue weighted by atomic mass is 10.1. The van der Waals surface area contributed by atoms with E-state index < -0.39 is 5.97 Å². The van der Waals surface area contributed by atoms with E-state index in [0.29, 0.717) is 31.3 Å². The lowest BCUT2D eigenvalue weighted by molar-refractivity contribution is -0.305. The molecule has 0 bridgehead atoms. The number of carbonyl (C=O) groups excluding carboxylic acids is 2. The van der Waals surface area contributed by atoms with Gasteiger partial charge in [-0.15, -0.1) is 0 Å². The van der Waals surface area contributed by atoms with Crippen LogP contribution in [0.4, 0.5) is 0 Å². The summed E-state index contributed by atoms with van der Waals surface area (Å²) in [5, 5.41) is 11.0. The van der Waals surface area contributed by atoms with Gasteiger partial charge in [-0.05, 0) is 37.6 Å². The smallest absolute Gasteiger partial charge is 0.266 e. The molecule has 0 aromatic heterocycles. The number of amides is 1. The first-order chi connectivity index (χ1) is 12.2. The van der Waals surface area contributed by atoms with E-state index in [-0.39, 0.29) is 25.0 Å². The largest absolute Gasteiger partial charge is 0.550 e. The predicted octanol–water partition coefficient (Wildman–Crippen LogP) is 2.48. The van der Waals surface area contributed by atoms with Crippen LogP contribution in [0.5, 0.6) is 11.5 Å². The Morgan fingerprint density at radius 3 is 2.73 bits per heavy atom. The number of rotatable bonds is 7. The molecule has 1 saturated heterocycles. The molecule has 9 heteroatoms. The molecular formula is C17H17ClNO5S2-. The zero-order chi connectivity index (χ0) is 19.4. The molecule has 1 aromatic carbocycles. The summed E-state index contributed by atoms with van der Waals surface area (Å²) in [6.07, 6.45) is 1.28. The summed E-state index contributed by atoms with van der Waals surface area (Å²) >= 11 is 12.5. The van der Waals surface area contributed by atoms with Crippen molar-refractivity contribution in [3.05, 3.63) is 27.6 Å². The van der Waals surface area contributed by atoms with Crippen LogP contribution in [-0.2, 0) is 9.59 Å². The van der Waals surface area contributed by atoms with Gasteiger partial charge >= 0.3 is 0 Å². The minimum absolute atomic E-state index is 0.0183. The average Bonchev–Trinajstić information content (AvgIpc) is 2.81. The Bertz CT molecular complexity index is 779. The first-order valence-electron chi connectivity index (χ1n) is 7.72. The molecule has 1 aliphatic heterocycles. The van der Waals surface area contributed by atoms with Crippen LogP contribution in [0, 0.1) is 0 Å². The topological polar surface area (TPSA) is 78.9 Å². The third-order valence-electron chi connectivity index (χ3n) is 3.32. The van der Waals surface area contributed by atoms with Crippen molar-refractivity contribution in [1.82, 2.24) is 4.90 Å². The Morgan fingerprint density at radius 1 is 1.46 bits per heavy atom. The standard InChI is InChI=1S/C17H18ClNO5S2/c1-9(2)24-15-11(18)6-10(7-12(15)23-3)8-13-16(22)19(17(25)26-13)5-4-14(20)21/h6-9H,4-5H2,1-3H3,(H,20,21)/p-1/b13-8-. The maximum Gasteiger partial charge on any atom is 0.266 e. The molecule has 26 heavy (non-hydrogen) atoms. The first kappa shape index (κ1) is 20.5. The summed E-state index contributed by atoms with van der Waals surface area (Å²) in [4.78, 5) is 24.7. The maximum atomic E-state index is 12.4. The van der Waals surface area contributed by atoms with Crippen LogP contribution in [0.2, 0.25) is 5.02 Å². The van der Waals surface area contributed by atoms with Gasteiger partial charge in [0, 0.05) is 18.9 Å². The third-order valence-corrected chi connectivity index (χ3v) is 4.97. The highest BCUT2D eigenvalue weighted by molar-refractivity contribution is 8.26. The van der Waals surface area contributed by atoms with Gasteiger partial charge in [-0.1, -0.05) is 35.6 Å². The molecular weight excluding hydrogens is 398 g/mol. The molecule has 1 fully saturated rings. The van der Waals surface area contributed by atoms with E-state index in [4.69, 9.17) is 33.3 Å². The number of aliphatic carboxylic acids is 1. The van der Waals surface area contributed by atoms with Crippen molar-refractivity contribution in [1.29, 1.82) is 0 Å². The van der Waals surface area contributed by atoms with E-state index in [1.54, 1.807) is 18.2 Å². The van der Waals surface area contributed by atoms with E-state index in [2.05, 4.69) is 0 Å². The number of ether oxygens (including phenoxy) is 2. The van der Waals surface area contributed by atoms with Crippen molar-refractivity contribution in [2.24, 2.45) is 0 Å². The van der Waals surface area contributed by atoms with Crippen LogP contribution in [0.15, 0.2) is 17.0 Å². The van der Waals surface area contributed by atoms with E-state index in [1.165, 1.54) is 12.0 Å². The number of carbonyl (C=O) groups is 2. The van der Waals surface area contributed by atoms with Crippen molar-refractivity contribution in [2.75, 3.05) is 13.7 Å². The molecule has 1 aliphatic rings. The van der Waals surface area contributed by atoms with Gasteiger partial charge in [0.05, 0.1) is 23.1 Å². The minimum Gasteiger partial charge on any atom is -0.550 e. The van der Waals surface area contributed by atoms with Crippen LogP contribution in [0.25, 0.3) is 6.08 Å². The maximum absolute atomic E-state index is 12.4. The number of hydrogen-bond donors (Lipinski definition) is 0. The molecule has 0 spiro atoms. The highest BCUT2D eigenvalue weighted by Gasteiger charge is 2.31. The molecule has 6 nitrogen and oxygen atoms in total. The Hall–Kier alpha value is -1.77. The highest BCUT2D eigenvalue weighted by Crippen LogP contribution is 2.39. The van der Waals surface area contributed by atoms with Gasteiger partial charge in [-0.2, -0.15) is 0 Å². The number of benzene rings is 1. The molecule has 1 aromatic rings. The van der Waals surface area contributed by atoms with Gasteiger partial charge in [0.1, 0.15) is 4.32 Å². The lowest BCUT2D eigenvalue weighted by Gasteiger charge is -2.16. The third kappa shape index (κ3) is 4.90. The SMILES string of the molecule is COc1cc(/C=C2\SC(=S)N(CCC(=O)[O-])C2=O)cc(Cl)c1OC(C)C. The number of halogens is 1. The van der Waals surface area contributed by atoms with E-state index in [0.717, 1.165) is 11.8 Å². The van der Waals surface area contributed by atoms with Crippen LogP contribution in [0.1, 0.15) is 25.8 Å². The second-order valence-corrected chi connectivity index (χ2v) is 7.74. The van der Waals surface area contributed by atoms with Crippen molar-refractivity contribution in [2.45, 2.75) is 26.4 Å². The number of methoxy groups -OCH3 is 1. The fourth-order valence-corrected chi connectivity index (χ4v) is 3.79. The highest BCUT2D eigenvalue weighted by atomic mass is 35.5. The Morgan fingerprint density at radius 2 is 2.15 bits per heavy atom. The molecule has 0 N–H and O–H groups in total. The quantitative estimate of drug-likeness (QED) is 0.501. The van der Waals surface area contributed by atoms with E-state index in [9.17, 15) is 14.7 Å². The number of carboxylic acids is 1. The molecule has 1 amide bonds. The summed E-state index contributed by atoms with van der Waals surface area (Å²) in [5.41, 5.74) is 0.642. The molecule has 140 valence electrons. The molecule has 2 rings (SSSR count). The van der Waals surface area contributed by atoms with Crippen molar-refractivity contribution in [3.8, 4) is 11.5 Å². The van der Waals surface area contributed by atoms with Gasteiger partial charge in [0.15, 0.2) is 11.5 Å². The van der Waals surface area contributed by atoms with Crippen molar-refractivity contribution < 1.29 is 24.2 Å². The van der Waals surface area contributed by atoms with Crippen LogP contribution in [-0.4, -0.2) is 40.9 Å². The van der Waals surface area contributed by atoms with Crippen molar-refractivity contribution in [3.63, 3.8) is 0 Å². The normalized spacial score (nSPS) is 15.9. The average molecular weight is 415 g/mol. The number of hydrogen-bond acceptors (Lipinski definition) is 7. The predicted molar refractivity (Wildman–Crippen MR) is 103 cm³/mol. The fourth-order valence-electron chi connectivity index (χ4n) is 2.22. The van der Waals surface area contributed by atoms with Crippen LogP contribution in [0.3, 0.4) is 0 Å². The summed E-state index contributed by atoms with van der Waals surface area (Å²) in [6, 6.07) is 3.37. The van der Waals surface area contributed by atoms with Crippen molar-refractivity contribution >= 4 is 57.9 Å². The van der Waals surface area contributed by atoms with Gasteiger partial charge in [0.2, 0.25) is 0 Å². The molecule has 0 radical (unpaired) electrons. The zero-order valence-corrected chi connectivity index (χ0v) is 16.8. The summed E-state index contributed by atoms with van der Waals surface area (Å²) in [6.45, 7) is 3.74. The fraction of sp³-hybridized carbons (Fsp3) is 0.353. The minimum atomic E-state index is -1.24. The molecule has 0 saturated carbocycles. The van der Waals surface area contributed by atoms with Gasteiger partial charge in [-0.25, -0.2) is 0 Å². The number of thiocarbonyl (C=S) groups is 1. The second-order valence-electron chi connectivity index (χ2n) is 5.66. The summed E-state index contributed by atoms with van der Waals surface area (Å²) in [5.74, 6) is -0.702. The Labute approximate surface area is 166 Å². The molecule has 0 aliphatic carbocycles. The monoisotopic (exact) mass is 414 g/mol.